The van der Waals surface area contributed by atoms with Crippen molar-refractivity contribution in [1.82, 2.24) is 10.9 Å². The maximum atomic E-state index is 11.9. The number of halogens is 3. The lowest BCUT2D eigenvalue weighted by Gasteiger charge is -2.17. The van der Waals surface area contributed by atoms with Gasteiger partial charge in [-0.3, -0.25) is 5.43 Å². The highest BCUT2D eigenvalue weighted by Gasteiger charge is 2.45. The van der Waals surface area contributed by atoms with E-state index >= 15 is 0 Å². The first-order valence-electron chi connectivity index (χ1n) is 3.07. The maximum Gasteiger partial charge on any atom is 0.405 e. The third kappa shape index (κ3) is 1.41. The average Bonchev–Trinajstić information content (AvgIpc) is 2.11. The Bertz CT molecular complexity index is 123. The van der Waals surface area contributed by atoms with Crippen LogP contribution in [0.2, 0.25) is 0 Å². The zero-order chi connectivity index (χ0) is 7.78. The van der Waals surface area contributed by atoms with E-state index in [0.717, 1.165) is 0 Å². The predicted octanol–water partition coefficient (Wildman–Crippen LogP) is 0.661. The van der Waals surface area contributed by atoms with Crippen LogP contribution in [0, 0.1) is 5.92 Å². The molecule has 0 radical (unpaired) electrons. The first-order chi connectivity index (χ1) is 4.52. The molecule has 1 aliphatic heterocycles. The average molecular weight is 154 g/mol. The van der Waals surface area contributed by atoms with Crippen molar-refractivity contribution in [3.05, 3.63) is 0 Å². The molecular formula is C5H9F3N2. The van der Waals surface area contributed by atoms with Crippen LogP contribution in [-0.4, -0.2) is 18.8 Å². The summed E-state index contributed by atoms with van der Waals surface area (Å²) >= 11 is 0. The minimum atomic E-state index is -4.12. The van der Waals surface area contributed by atoms with Gasteiger partial charge in [0.05, 0.1) is 0 Å². The van der Waals surface area contributed by atoms with Gasteiger partial charge < -0.3 is 0 Å². The fourth-order valence-electron chi connectivity index (χ4n) is 0.994. The van der Waals surface area contributed by atoms with Crippen LogP contribution in [0.1, 0.15) is 6.92 Å². The van der Waals surface area contributed by atoms with Crippen molar-refractivity contribution in [3.63, 3.8) is 0 Å². The van der Waals surface area contributed by atoms with E-state index in [1.165, 1.54) is 0 Å². The number of nitrogens with one attached hydrogen (secondary N) is 2. The fourth-order valence-corrected chi connectivity index (χ4v) is 0.994. The Kier molecular flexibility index (Phi) is 1.87. The normalized spacial score (nSPS) is 34.8. The van der Waals surface area contributed by atoms with Crippen molar-refractivity contribution in [2.75, 3.05) is 6.54 Å². The van der Waals surface area contributed by atoms with Gasteiger partial charge in [-0.2, -0.15) is 13.2 Å². The molecule has 1 aliphatic rings. The Labute approximate surface area is 56.8 Å². The molecule has 60 valence electrons. The first kappa shape index (κ1) is 7.81. The number of hydrogen-bond donors (Lipinski definition) is 2. The molecule has 0 bridgehead atoms. The van der Waals surface area contributed by atoms with Crippen LogP contribution < -0.4 is 10.9 Å². The first-order valence-corrected chi connectivity index (χ1v) is 3.07. The summed E-state index contributed by atoms with van der Waals surface area (Å²) in [6.07, 6.45) is -4.12. The summed E-state index contributed by atoms with van der Waals surface area (Å²) in [7, 11) is 0. The lowest BCUT2D eigenvalue weighted by atomic mass is 10.1. The van der Waals surface area contributed by atoms with Crippen LogP contribution in [0.4, 0.5) is 13.2 Å². The second kappa shape index (κ2) is 2.39. The highest BCUT2D eigenvalue weighted by molar-refractivity contribution is 4.84. The van der Waals surface area contributed by atoms with Gasteiger partial charge in [0.2, 0.25) is 0 Å². The summed E-state index contributed by atoms with van der Waals surface area (Å²) in [6, 6.07) is -1.38. The molecule has 0 aliphatic carbocycles. The van der Waals surface area contributed by atoms with E-state index in [2.05, 4.69) is 10.9 Å². The van der Waals surface area contributed by atoms with E-state index in [9.17, 15) is 13.2 Å². The fraction of sp³-hybridized carbons (Fsp3) is 1.00. The largest absolute Gasteiger partial charge is 0.405 e. The van der Waals surface area contributed by atoms with E-state index in [0.29, 0.717) is 6.54 Å². The summed E-state index contributed by atoms with van der Waals surface area (Å²) < 4.78 is 35.7. The van der Waals surface area contributed by atoms with E-state index in [1.807, 2.05) is 0 Å². The smallest absolute Gasteiger partial charge is 0.257 e. The highest BCUT2D eigenvalue weighted by atomic mass is 19.4. The topological polar surface area (TPSA) is 24.1 Å². The zero-order valence-corrected chi connectivity index (χ0v) is 5.50. The second-order valence-electron chi connectivity index (χ2n) is 2.52. The summed E-state index contributed by atoms with van der Waals surface area (Å²) in [5, 5.41) is 0. The lowest BCUT2D eigenvalue weighted by Crippen LogP contribution is -2.43. The molecule has 1 saturated heterocycles. The minimum Gasteiger partial charge on any atom is -0.257 e. The molecule has 0 aromatic carbocycles. The SMILES string of the molecule is CC1CNNC1C(F)(F)F. The molecule has 1 fully saturated rings. The van der Waals surface area contributed by atoms with Gasteiger partial charge in [0.1, 0.15) is 6.04 Å². The van der Waals surface area contributed by atoms with Gasteiger partial charge in [-0.25, -0.2) is 5.43 Å². The van der Waals surface area contributed by atoms with Crippen molar-refractivity contribution < 1.29 is 13.2 Å². The molecule has 2 unspecified atom stereocenters. The lowest BCUT2D eigenvalue weighted by molar-refractivity contribution is -0.160. The van der Waals surface area contributed by atoms with Crippen molar-refractivity contribution in [2.24, 2.45) is 5.92 Å². The summed E-state index contributed by atoms with van der Waals surface area (Å²) in [5.41, 5.74) is 4.63. The molecule has 10 heavy (non-hydrogen) atoms. The van der Waals surface area contributed by atoms with Crippen LogP contribution in [0.15, 0.2) is 0 Å². The van der Waals surface area contributed by atoms with Crippen LogP contribution in [0.3, 0.4) is 0 Å². The van der Waals surface area contributed by atoms with Crippen molar-refractivity contribution in [2.45, 2.75) is 19.1 Å². The van der Waals surface area contributed by atoms with E-state index in [-0.39, 0.29) is 5.92 Å². The monoisotopic (exact) mass is 154 g/mol. The highest BCUT2D eigenvalue weighted by Crippen LogP contribution is 2.26. The van der Waals surface area contributed by atoms with Gasteiger partial charge in [-0.15, -0.1) is 0 Å². The third-order valence-electron chi connectivity index (χ3n) is 1.60. The van der Waals surface area contributed by atoms with Crippen molar-refractivity contribution in [3.8, 4) is 0 Å². The van der Waals surface area contributed by atoms with Gasteiger partial charge in [-0.1, -0.05) is 6.92 Å². The molecule has 1 heterocycles. The van der Waals surface area contributed by atoms with Gasteiger partial charge >= 0.3 is 6.18 Å². The summed E-state index contributed by atoms with van der Waals surface area (Å²) in [6.45, 7) is 1.94. The number of alkyl halides is 3. The van der Waals surface area contributed by atoms with Crippen LogP contribution in [-0.2, 0) is 0 Å². The molecule has 2 nitrogen and oxygen atoms in total. The number of hydrogen-bond acceptors (Lipinski definition) is 2. The van der Waals surface area contributed by atoms with E-state index < -0.39 is 12.2 Å². The Hall–Kier alpha value is -0.290. The maximum absolute atomic E-state index is 11.9. The van der Waals surface area contributed by atoms with E-state index in [1.54, 1.807) is 6.92 Å². The molecule has 0 aromatic heterocycles. The van der Waals surface area contributed by atoms with Gasteiger partial charge in [0, 0.05) is 6.54 Å². The Morgan fingerprint density at radius 3 is 2.20 bits per heavy atom. The van der Waals surface area contributed by atoms with E-state index in [4.69, 9.17) is 0 Å². The van der Waals surface area contributed by atoms with Crippen molar-refractivity contribution in [1.29, 1.82) is 0 Å². The number of rotatable bonds is 0. The predicted molar refractivity (Wildman–Crippen MR) is 30.1 cm³/mol. The zero-order valence-electron chi connectivity index (χ0n) is 5.50. The molecule has 1 rings (SSSR count). The van der Waals surface area contributed by atoms with Crippen LogP contribution in [0.5, 0.6) is 0 Å². The molecule has 2 N–H and O–H groups in total. The molecular weight excluding hydrogens is 145 g/mol. The Morgan fingerprint density at radius 1 is 1.40 bits per heavy atom. The van der Waals surface area contributed by atoms with Crippen LogP contribution >= 0.6 is 0 Å². The van der Waals surface area contributed by atoms with Gasteiger partial charge in [0.25, 0.3) is 0 Å². The molecule has 0 aromatic rings. The second-order valence-corrected chi connectivity index (χ2v) is 2.52. The molecule has 0 spiro atoms. The van der Waals surface area contributed by atoms with Crippen molar-refractivity contribution >= 4 is 0 Å². The van der Waals surface area contributed by atoms with Gasteiger partial charge in [-0.05, 0) is 5.92 Å². The molecule has 5 heteroatoms. The Balaban J connectivity index is 2.55. The van der Waals surface area contributed by atoms with Crippen LogP contribution in [0.25, 0.3) is 0 Å². The number of hydrazine groups is 1. The summed E-state index contributed by atoms with van der Waals surface area (Å²) in [5.74, 6) is -0.375. The molecule has 2 atom stereocenters. The molecule has 0 saturated carbocycles. The minimum absolute atomic E-state index is 0.375. The quantitative estimate of drug-likeness (QED) is 0.535. The molecule has 0 amide bonds. The van der Waals surface area contributed by atoms with Gasteiger partial charge in [0.15, 0.2) is 0 Å². The third-order valence-corrected chi connectivity index (χ3v) is 1.60. The Morgan fingerprint density at radius 2 is 2.00 bits per heavy atom. The standard InChI is InChI=1S/C5H9F3N2/c1-3-2-9-10-4(3)5(6,7)8/h3-4,9-10H,2H2,1H3. The summed E-state index contributed by atoms with van der Waals surface area (Å²) in [4.78, 5) is 0.